The summed E-state index contributed by atoms with van der Waals surface area (Å²) in [6, 6.07) is 25.0. The summed E-state index contributed by atoms with van der Waals surface area (Å²) < 4.78 is 11.1. The van der Waals surface area contributed by atoms with Crippen molar-refractivity contribution in [1.82, 2.24) is 0 Å². The van der Waals surface area contributed by atoms with E-state index in [1.807, 2.05) is 60.7 Å². The van der Waals surface area contributed by atoms with Crippen LogP contribution in [0.1, 0.15) is 5.56 Å². The zero-order valence-corrected chi connectivity index (χ0v) is 14.9. The molecule has 136 valence electrons. The minimum atomic E-state index is -0.520. The highest BCUT2D eigenvalue weighted by Gasteiger charge is 2.09. The SMILES string of the molecule is O=C(C=Cc1ccccc1)Oc1ccc2oc(-c3ccccc3)cc(=O)c2c1. The molecule has 0 bridgehead atoms. The Balaban J connectivity index is 1.58. The van der Waals surface area contributed by atoms with Gasteiger partial charge in [0, 0.05) is 17.7 Å². The molecule has 0 saturated carbocycles. The number of carbonyl (C=O) groups is 1. The van der Waals surface area contributed by atoms with E-state index in [1.54, 1.807) is 18.2 Å². The van der Waals surface area contributed by atoms with Gasteiger partial charge in [-0.3, -0.25) is 4.79 Å². The number of hydrogen-bond donors (Lipinski definition) is 0. The van der Waals surface area contributed by atoms with Crippen molar-refractivity contribution in [1.29, 1.82) is 0 Å². The summed E-state index contributed by atoms with van der Waals surface area (Å²) in [5.74, 6) is 0.261. The molecule has 4 heteroatoms. The highest BCUT2D eigenvalue weighted by Crippen LogP contribution is 2.24. The first kappa shape index (κ1) is 17.5. The topological polar surface area (TPSA) is 56.5 Å². The standard InChI is InChI=1S/C24H16O4/c25-21-16-23(18-9-5-2-6-10-18)28-22-13-12-19(15-20(21)22)27-24(26)14-11-17-7-3-1-4-8-17/h1-16H. The average Bonchev–Trinajstić information content (AvgIpc) is 2.74. The van der Waals surface area contributed by atoms with Crippen molar-refractivity contribution in [2.75, 3.05) is 0 Å². The van der Waals surface area contributed by atoms with Gasteiger partial charge in [-0.2, -0.15) is 0 Å². The number of fused-ring (bicyclic) bond motifs is 1. The summed E-state index contributed by atoms with van der Waals surface area (Å²) in [7, 11) is 0. The minimum absolute atomic E-state index is 0.196. The van der Waals surface area contributed by atoms with Crippen LogP contribution in [0.25, 0.3) is 28.4 Å². The lowest BCUT2D eigenvalue weighted by Gasteiger charge is -2.05. The largest absolute Gasteiger partial charge is 0.456 e. The number of hydrogen-bond acceptors (Lipinski definition) is 4. The van der Waals surface area contributed by atoms with E-state index in [0.717, 1.165) is 11.1 Å². The fourth-order valence-electron chi connectivity index (χ4n) is 2.82. The Bertz CT molecular complexity index is 1210. The summed E-state index contributed by atoms with van der Waals surface area (Å²) in [5, 5.41) is 0.358. The third-order valence-electron chi connectivity index (χ3n) is 4.19. The minimum Gasteiger partial charge on any atom is -0.456 e. The van der Waals surface area contributed by atoms with E-state index in [1.165, 1.54) is 18.2 Å². The zero-order chi connectivity index (χ0) is 19.3. The molecule has 3 aromatic carbocycles. The summed E-state index contributed by atoms with van der Waals surface area (Å²) in [4.78, 5) is 24.5. The lowest BCUT2D eigenvalue weighted by atomic mass is 10.1. The molecule has 4 rings (SSSR count). The maximum Gasteiger partial charge on any atom is 0.336 e. The van der Waals surface area contributed by atoms with Gasteiger partial charge in [-0.1, -0.05) is 60.7 Å². The van der Waals surface area contributed by atoms with Gasteiger partial charge >= 0.3 is 5.97 Å². The van der Waals surface area contributed by atoms with E-state index < -0.39 is 5.97 Å². The van der Waals surface area contributed by atoms with Crippen molar-refractivity contribution in [3.8, 4) is 17.1 Å². The van der Waals surface area contributed by atoms with E-state index >= 15 is 0 Å². The highest BCUT2D eigenvalue weighted by molar-refractivity contribution is 5.89. The molecule has 0 fully saturated rings. The van der Waals surface area contributed by atoms with Crippen LogP contribution in [0.3, 0.4) is 0 Å². The van der Waals surface area contributed by atoms with Crippen LogP contribution in [0.2, 0.25) is 0 Å². The molecule has 0 spiro atoms. The summed E-state index contributed by atoms with van der Waals surface area (Å²) in [6.07, 6.45) is 3.02. The average molecular weight is 368 g/mol. The molecule has 0 unspecified atom stereocenters. The predicted octanol–water partition coefficient (Wildman–Crippen LogP) is 5.08. The van der Waals surface area contributed by atoms with Crippen molar-refractivity contribution in [2.24, 2.45) is 0 Å². The second-order valence-corrected chi connectivity index (χ2v) is 6.16. The van der Waals surface area contributed by atoms with Gasteiger partial charge in [-0.15, -0.1) is 0 Å². The van der Waals surface area contributed by atoms with Crippen LogP contribution >= 0.6 is 0 Å². The molecule has 0 N–H and O–H groups in total. The Morgan fingerprint density at radius 2 is 1.57 bits per heavy atom. The predicted molar refractivity (Wildman–Crippen MR) is 109 cm³/mol. The van der Waals surface area contributed by atoms with Gasteiger partial charge in [0.25, 0.3) is 0 Å². The van der Waals surface area contributed by atoms with Gasteiger partial charge in [-0.05, 0) is 29.8 Å². The fourth-order valence-corrected chi connectivity index (χ4v) is 2.82. The van der Waals surface area contributed by atoms with Crippen LogP contribution in [0.15, 0.2) is 100 Å². The third kappa shape index (κ3) is 3.91. The van der Waals surface area contributed by atoms with Gasteiger partial charge in [-0.25, -0.2) is 4.79 Å². The molecule has 0 aliphatic heterocycles. The monoisotopic (exact) mass is 368 g/mol. The van der Waals surface area contributed by atoms with Crippen LogP contribution in [0, 0.1) is 0 Å². The number of ether oxygens (including phenoxy) is 1. The Morgan fingerprint density at radius 3 is 2.32 bits per heavy atom. The van der Waals surface area contributed by atoms with Crippen molar-refractivity contribution in [3.05, 3.63) is 107 Å². The first-order valence-corrected chi connectivity index (χ1v) is 8.77. The molecule has 1 heterocycles. The van der Waals surface area contributed by atoms with Crippen LogP contribution < -0.4 is 10.2 Å². The van der Waals surface area contributed by atoms with E-state index in [-0.39, 0.29) is 11.2 Å². The van der Waals surface area contributed by atoms with Gasteiger partial charge in [0.15, 0.2) is 5.43 Å². The Hall–Kier alpha value is -3.92. The van der Waals surface area contributed by atoms with E-state index in [9.17, 15) is 9.59 Å². The van der Waals surface area contributed by atoms with Gasteiger partial charge in [0.2, 0.25) is 0 Å². The van der Waals surface area contributed by atoms with Gasteiger partial charge in [0.05, 0.1) is 5.39 Å². The van der Waals surface area contributed by atoms with Crippen molar-refractivity contribution in [2.45, 2.75) is 0 Å². The third-order valence-corrected chi connectivity index (χ3v) is 4.19. The first-order valence-electron chi connectivity index (χ1n) is 8.77. The number of benzene rings is 3. The summed E-state index contributed by atoms with van der Waals surface area (Å²) in [6.45, 7) is 0. The Labute approximate surface area is 161 Å². The second kappa shape index (κ2) is 7.76. The van der Waals surface area contributed by atoms with Gasteiger partial charge < -0.3 is 9.15 Å². The molecule has 28 heavy (non-hydrogen) atoms. The van der Waals surface area contributed by atoms with Crippen LogP contribution in [0.5, 0.6) is 5.75 Å². The summed E-state index contributed by atoms with van der Waals surface area (Å²) in [5.41, 5.74) is 1.96. The van der Waals surface area contributed by atoms with Crippen LogP contribution in [-0.2, 0) is 4.79 Å². The highest BCUT2D eigenvalue weighted by atomic mass is 16.5. The van der Waals surface area contributed by atoms with Crippen LogP contribution in [-0.4, -0.2) is 5.97 Å². The quantitative estimate of drug-likeness (QED) is 0.286. The fraction of sp³-hybridized carbons (Fsp3) is 0. The molecule has 0 amide bonds. The molecule has 4 nitrogen and oxygen atoms in total. The Morgan fingerprint density at radius 1 is 0.857 bits per heavy atom. The zero-order valence-electron chi connectivity index (χ0n) is 14.9. The molecule has 4 aromatic rings. The second-order valence-electron chi connectivity index (χ2n) is 6.16. The van der Waals surface area contributed by atoms with Crippen molar-refractivity contribution >= 4 is 23.0 Å². The van der Waals surface area contributed by atoms with E-state index in [2.05, 4.69) is 0 Å². The smallest absolute Gasteiger partial charge is 0.336 e. The number of carbonyl (C=O) groups excluding carboxylic acids is 1. The maximum atomic E-state index is 12.5. The molecule has 1 aromatic heterocycles. The van der Waals surface area contributed by atoms with E-state index in [0.29, 0.717) is 16.7 Å². The number of esters is 1. The molecule has 0 radical (unpaired) electrons. The lowest BCUT2D eigenvalue weighted by molar-refractivity contribution is -0.128. The molecule has 0 aliphatic rings. The van der Waals surface area contributed by atoms with Crippen molar-refractivity contribution < 1.29 is 13.9 Å². The molecule has 0 atom stereocenters. The normalized spacial score (nSPS) is 11.0. The molecular weight excluding hydrogens is 352 g/mol. The number of rotatable bonds is 4. The van der Waals surface area contributed by atoms with Crippen molar-refractivity contribution in [3.63, 3.8) is 0 Å². The molecule has 0 aliphatic carbocycles. The van der Waals surface area contributed by atoms with E-state index in [4.69, 9.17) is 9.15 Å². The molecule has 0 saturated heterocycles. The lowest BCUT2D eigenvalue weighted by Crippen LogP contribution is -2.05. The Kier molecular flexibility index (Phi) is 4.85. The summed E-state index contributed by atoms with van der Waals surface area (Å²) >= 11 is 0. The maximum absolute atomic E-state index is 12.5. The van der Waals surface area contributed by atoms with Crippen LogP contribution in [0.4, 0.5) is 0 Å². The first-order chi connectivity index (χ1) is 13.7. The van der Waals surface area contributed by atoms with Gasteiger partial charge in [0.1, 0.15) is 17.1 Å². The molecular formula is C24H16O4.